The largest absolute Gasteiger partial charge is 0.416 e. The average Bonchev–Trinajstić information content (AvgIpc) is 2.92. The number of benzene rings is 4. The highest BCUT2D eigenvalue weighted by Gasteiger charge is 2.29. The molecule has 0 N–H and O–H groups in total. The molecule has 0 spiro atoms. The topological polar surface area (TPSA) is 0 Å². The van der Waals surface area contributed by atoms with Crippen molar-refractivity contribution < 1.29 is 17.6 Å². The molecule has 0 atom stereocenters. The third-order valence-electron chi connectivity index (χ3n) is 6.38. The molecule has 0 unspecified atom stereocenters. The summed E-state index contributed by atoms with van der Waals surface area (Å²) in [6.07, 6.45) is 3.02. The van der Waals surface area contributed by atoms with E-state index < -0.39 is 17.6 Å². The lowest BCUT2D eigenvalue weighted by atomic mass is 10.0. The summed E-state index contributed by atoms with van der Waals surface area (Å²) in [6.45, 7) is 2.22. The minimum absolute atomic E-state index is 0.182. The van der Waals surface area contributed by atoms with Crippen LogP contribution < -0.4 is 0 Å². The second-order valence-corrected chi connectivity index (χ2v) is 9.30. The van der Waals surface area contributed by atoms with Crippen molar-refractivity contribution in [1.29, 1.82) is 0 Å². The van der Waals surface area contributed by atoms with Crippen LogP contribution in [0.1, 0.15) is 72.4 Å². The van der Waals surface area contributed by atoms with E-state index in [0.29, 0.717) is 16.3 Å². The van der Waals surface area contributed by atoms with Crippen LogP contribution in [0.4, 0.5) is 17.6 Å². The Morgan fingerprint density at radius 2 is 1.24 bits per heavy atom. The highest BCUT2D eigenvalue weighted by atomic mass is 19.4. The Morgan fingerprint density at radius 1 is 0.632 bits per heavy atom. The van der Waals surface area contributed by atoms with Crippen molar-refractivity contribution >= 4 is 10.8 Å². The molecule has 0 aliphatic heterocycles. The fourth-order valence-electron chi connectivity index (χ4n) is 4.18. The maximum Gasteiger partial charge on any atom is 0.416 e. The maximum absolute atomic E-state index is 15.1. The molecule has 0 bridgehead atoms. The molecule has 0 amide bonds. The lowest BCUT2D eigenvalue weighted by molar-refractivity contribution is -0.137. The molecule has 0 saturated heterocycles. The molecular formula is C34H28F4. The molecule has 0 aromatic heterocycles. The van der Waals surface area contributed by atoms with E-state index in [1.807, 2.05) is 18.2 Å². The molecule has 0 aliphatic carbocycles. The van der Waals surface area contributed by atoms with Gasteiger partial charge in [0.15, 0.2) is 0 Å². The van der Waals surface area contributed by atoms with Crippen molar-refractivity contribution in [3.05, 3.63) is 118 Å². The van der Waals surface area contributed by atoms with Gasteiger partial charge in [-0.05, 0) is 78.4 Å². The molecule has 0 aliphatic rings. The number of hydrogen-bond acceptors (Lipinski definition) is 0. The Hall–Kier alpha value is -4.02. The molecular weight excluding hydrogens is 484 g/mol. The van der Waals surface area contributed by atoms with E-state index in [1.54, 1.807) is 24.3 Å². The van der Waals surface area contributed by atoms with Crippen LogP contribution in [0.2, 0.25) is 0 Å². The SMILES string of the molecule is CCCCCCCc1ccc(C#Cc2ccc3c(F)c(C#Cc4ccc(C(F)(F)F)cc4)ccc3c2)cc1. The van der Waals surface area contributed by atoms with Crippen LogP contribution in [0.3, 0.4) is 0 Å². The van der Waals surface area contributed by atoms with E-state index in [0.717, 1.165) is 29.7 Å². The van der Waals surface area contributed by atoms with Gasteiger partial charge >= 0.3 is 6.18 Å². The third-order valence-corrected chi connectivity index (χ3v) is 6.38. The molecule has 4 rings (SSSR count). The summed E-state index contributed by atoms with van der Waals surface area (Å²) < 4.78 is 53.2. The molecule has 4 aromatic rings. The third kappa shape index (κ3) is 7.27. The fraction of sp³-hybridized carbons (Fsp3) is 0.235. The molecule has 0 nitrogen and oxygen atoms in total. The summed E-state index contributed by atoms with van der Waals surface area (Å²) >= 11 is 0. The Labute approximate surface area is 221 Å². The van der Waals surface area contributed by atoms with Gasteiger partial charge in [0, 0.05) is 22.1 Å². The van der Waals surface area contributed by atoms with Crippen molar-refractivity contribution in [2.45, 2.75) is 51.6 Å². The summed E-state index contributed by atoms with van der Waals surface area (Å²) in [5.41, 5.74) is 2.85. The molecule has 4 heteroatoms. The Balaban J connectivity index is 1.44. The summed E-state index contributed by atoms with van der Waals surface area (Å²) in [5.74, 6) is 11.3. The quantitative estimate of drug-likeness (QED) is 0.137. The minimum atomic E-state index is -4.41. The molecule has 4 aromatic carbocycles. The van der Waals surface area contributed by atoms with Crippen LogP contribution in [0.25, 0.3) is 10.8 Å². The van der Waals surface area contributed by atoms with Crippen molar-refractivity contribution in [3.8, 4) is 23.7 Å². The van der Waals surface area contributed by atoms with Crippen LogP contribution in [0.15, 0.2) is 78.9 Å². The Bertz CT molecular complexity index is 1500. The highest BCUT2D eigenvalue weighted by molar-refractivity contribution is 5.86. The van der Waals surface area contributed by atoms with E-state index >= 15 is 4.39 Å². The van der Waals surface area contributed by atoms with Gasteiger partial charge in [0.25, 0.3) is 0 Å². The first-order valence-electron chi connectivity index (χ1n) is 12.9. The van der Waals surface area contributed by atoms with Gasteiger partial charge in [0.05, 0.1) is 11.1 Å². The summed E-state index contributed by atoms with van der Waals surface area (Å²) in [6, 6.07) is 21.5. The van der Waals surface area contributed by atoms with Gasteiger partial charge < -0.3 is 0 Å². The zero-order chi connectivity index (χ0) is 27.0. The van der Waals surface area contributed by atoms with Crippen molar-refractivity contribution in [2.24, 2.45) is 0 Å². The van der Waals surface area contributed by atoms with E-state index in [1.165, 1.54) is 49.8 Å². The van der Waals surface area contributed by atoms with Gasteiger partial charge in [-0.25, -0.2) is 4.39 Å². The minimum Gasteiger partial charge on any atom is -0.205 e. The van der Waals surface area contributed by atoms with Gasteiger partial charge in [-0.1, -0.05) is 80.6 Å². The van der Waals surface area contributed by atoms with Crippen molar-refractivity contribution in [2.75, 3.05) is 0 Å². The Kier molecular flexibility index (Phi) is 8.88. The number of alkyl halides is 3. The Morgan fingerprint density at radius 3 is 1.92 bits per heavy atom. The molecule has 0 radical (unpaired) electrons. The second-order valence-electron chi connectivity index (χ2n) is 9.30. The summed E-state index contributed by atoms with van der Waals surface area (Å²) in [7, 11) is 0. The predicted octanol–water partition coefficient (Wildman–Crippen LogP) is 9.31. The number of aryl methyl sites for hydroxylation is 1. The first kappa shape index (κ1) is 27.0. The monoisotopic (exact) mass is 512 g/mol. The van der Waals surface area contributed by atoms with E-state index in [-0.39, 0.29) is 5.56 Å². The van der Waals surface area contributed by atoms with Crippen molar-refractivity contribution in [1.82, 2.24) is 0 Å². The summed E-state index contributed by atoms with van der Waals surface area (Å²) in [4.78, 5) is 0. The van der Waals surface area contributed by atoms with Crippen LogP contribution in [-0.2, 0) is 12.6 Å². The van der Waals surface area contributed by atoms with Gasteiger partial charge in [-0.15, -0.1) is 0 Å². The normalized spacial score (nSPS) is 11.0. The fourth-order valence-corrected chi connectivity index (χ4v) is 4.18. The second kappa shape index (κ2) is 12.5. The van der Waals surface area contributed by atoms with E-state index in [2.05, 4.69) is 42.7 Å². The van der Waals surface area contributed by atoms with Gasteiger partial charge in [0.1, 0.15) is 5.82 Å². The number of unbranched alkanes of at least 4 members (excludes halogenated alkanes) is 4. The number of rotatable bonds is 6. The van der Waals surface area contributed by atoms with Crippen LogP contribution in [-0.4, -0.2) is 0 Å². The van der Waals surface area contributed by atoms with Crippen LogP contribution >= 0.6 is 0 Å². The maximum atomic E-state index is 15.1. The van der Waals surface area contributed by atoms with E-state index in [4.69, 9.17) is 0 Å². The number of hydrogen-bond donors (Lipinski definition) is 0. The van der Waals surface area contributed by atoms with Gasteiger partial charge in [-0.2, -0.15) is 13.2 Å². The van der Waals surface area contributed by atoms with Crippen molar-refractivity contribution in [3.63, 3.8) is 0 Å². The van der Waals surface area contributed by atoms with Crippen LogP contribution in [0, 0.1) is 29.5 Å². The zero-order valence-corrected chi connectivity index (χ0v) is 21.3. The molecule has 38 heavy (non-hydrogen) atoms. The standard InChI is InChI=1S/C34H28F4/c1-2-3-4-5-6-7-25-8-10-26(11-9-25)12-13-28-17-23-32-30(24-28)20-19-29(33(32)35)18-14-27-15-21-31(22-16-27)34(36,37)38/h8-11,15-17,19-24H,2-7H2,1H3. The van der Waals surface area contributed by atoms with Gasteiger partial charge in [0.2, 0.25) is 0 Å². The predicted molar refractivity (Wildman–Crippen MR) is 146 cm³/mol. The van der Waals surface area contributed by atoms with Gasteiger partial charge in [-0.3, -0.25) is 0 Å². The summed E-state index contributed by atoms with van der Waals surface area (Å²) in [5, 5.41) is 1.12. The lowest BCUT2D eigenvalue weighted by Gasteiger charge is -2.05. The highest BCUT2D eigenvalue weighted by Crippen LogP contribution is 2.29. The smallest absolute Gasteiger partial charge is 0.205 e. The molecule has 0 heterocycles. The van der Waals surface area contributed by atoms with E-state index in [9.17, 15) is 13.2 Å². The number of fused-ring (bicyclic) bond motifs is 1. The molecule has 0 fully saturated rings. The zero-order valence-electron chi connectivity index (χ0n) is 21.3. The first-order chi connectivity index (χ1) is 18.3. The number of halogens is 4. The van der Waals surface area contributed by atoms with Crippen LogP contribution in [0.5, 0.6) is 0 Å². The first-order valence-corrected chi connectivity index (χ1v) is 12.9. The molecule has 0 saturated carbocycles. The lowest BCUT2D eigenvalue weighted by Crippen LogP contribution is -2.04. The average molecular weight is 513 g/mol. The molecule has 192 valence electrons.